The van der Waals surface area contributed by atoms with Crippen molar-refractivity contribution in [2.45, 2.75) is 32.7 Å². The van der Waals surface area contributed by atoms with Crippen molar-refractivity contribution in [2.75, 3.05) is 24.6 Å². The lowest BCUT2D eigenvalue weighted by Crippen LogP contribution is -2.37. The maximum Gasteiger partial charge on any atom is 0.281 e. The second-order valence-electron chi connectivity index (χ2n) is 8.73. The van der Waals surface area contributed by atoms with Gasteiger partial charge in [0.15, 0.2) is 5.11 Å². The zero-order chi connectivity index (χ0) is 24.4. The minimum atomic E-state index is -0.222. The second kappa shape index (κ2) is 9.92. The fourth-order valence-corrected chi connectivity index (χ4v) is 4.99. The van der Waals surface area contributed by atoms with Crippen molar-refractivity contribution in [1.29, 1.82) is 0 Å². The number of para-hydroxylation sites is 1. The Labute approximate surface area is 209 Å². The lowest BCUT2D eigenvalue weighted by Gasteiger charge is -2.27. The molecule has 0 spiro atoms. The van der Waals surface area contributed by atoms with Gasteiger partial charge < -0.3 is 19.5 Å². The zero-order valence-corrected chi connectivity index (χ0v) is 20.5. The summed E-state index contributed by atoms with van der Waals surface area (Å²) in [5.74, 6) is 0.646. The van der Waals surface area contributed by atoms with E-state index in [0.717, 1.165) is 48.1 Å². The van der Waals surface area contributed by atoms with Crippen LogP contribution in [-0.4, -0.2) is 46.1 Å². The van der Waals surface area contributed by atoms with E-state index in [1.165, 1.54) is 11.3 Å². The maximum absolute atomic E-state index is 13.3. The molecule has 0 radical (unpaired) electrons. The highest BCUT2D eigenvalue weighted by molar-refractivity contribution is 7.80. The molecule has 7 nitrogen and oxygen atoms in total. The summed E-state index contributed by atoms with van der Waals surface area (Å²) in [6, 6.07) is 15.2. The van der Waals surface area contributed by atoms with Crippen molar-refractivity contribution in [3.05, 3.63) is 66.0 Å². The fourth-order valence-electron chi connectivity index (χ4n) is 4.69. The molecule has 0 aliphatic carbocycles. The first-order chi connectivity index (χ1) is 17.0. The van der Waals surface area contributed by atoms with Crippen LogP contribution in [0.1, 0.15) is 31.7 Å². The average Bonchev–Trinajstić information content (AvgIpc) is 3.36. The van der Waals surface area contributed by atoms with Gasteiger partial charge in [0.05, 0.1) is 12.3 Å². The minimum absolute atomic E-state index is 0.127. The number of fused-ring (bicyclic) bond motifs is 1. The van der Waals surface area contributed by atoms with Gasteiger partial charge in [-0.15, -0.1) is 0 Å². The van der Waals surface area contributed by atoms with E-state index in [0.29, 0.717) is 23.1 Å². The Morgan fingerprint density at radius 3 is 2.57 bits per heavy atom. The fraction of sp³-hybridized carbons (Fsp3) is 0.296. The molecule has 0 saturated carbocycles. The highest BCUT2D eigenvalue weighted by atomic mass is 32.1. The van der Waals surface area contributed by atoms with E-state index in [9.17, 15) is 9.59 Å². The maximum atomic E-state index is 13.3. The Bertz CT molecular complexity index is 1310. The Kier molecular flexibility index (Phi) is 6.55. The molecule has 2 aromatic carbocycles. The molecule has 3 aromatic rings. The Hall–Kier alpha value is -3.65. The van der Waals surface area contributed by atoms with Gasteiger partial charge in [0.25, 0.3) is 5.91 Å². The van der Waals surface area contributed by atoms with Crippen LogP contribution in [0.3, 0.4) is 0 Å². The Morgan fingerprint density at radius 1 is 1.09 bits per heavy atom. The number of nitrogens with zero attached hydrogens (tertiary/aromatic N) is 3. The van der Waals surface area contributed by atoms with Gasteiger partial charge in [0.1, 0.15) is 18.0 Å². The van der Waals surface area contributed by atoms with E-state index < -0.39 is 0 Å². The van der Waals surface area contributed by atoms with Gasteiger partial charge in [0, 0.05) is 35.8 Å². The van der Waals surface area contributed by atoms with Gasteiger partial charge in [0.2, 0.25) is 5.91 Å². The molecule has 3 heterocycles. The van der Waals surface area contributed by atoms with E-state index in [1.807, 2.05) is 77.2 Å². The van der Waals surface area contributed by atoms with Crippen LogP contribution in [-0.2, 0) is 16.1 Å². The SMILES string of the molecule is CCOc1ccc(N2C(=O)/C(=C/c3cn(CC(=O)N4CCCCC4)c4ccccc34)NC2=S)cc1. The number of carbonyl (C=O) groups is 2. The number of anilines is 1. The normalized spacial score (nSPS) is 17.3. The number of benzene rings is 2. The van der Waals surface area contributed by atoms with E-state index in [1.54, 1.807) is 0 Å². The van der Waals surface area contributed by atoms with Gasteiger partial charge in [-0.05, 0) is 74.8 Å². The molecule has 35 heavy (non-hydrogen) atoms. The molecule has 0 bridgehead atoms. The summed E-state index contributed by atoms with van der Waals surface area (Å²) in [5, 5.41) is 4.37. The van der Waals surface area contributed by atoms with Crippen molar-refractivity contribution >= 4 is 51.8 Å². The van der Waals surface area contributed by atoms with Crippen molar-refractivity contribution in [3.8, 4) is 5.75 Å². The summed E-state index contributed by atoms with van der Waals surface area (Å²) in [6.45, 7) is 4.43. The third-order valence-corrected chi connectivity index (χ3v) is 6.70. The largest absolute Gasteiger partial charge is 0.494 e. The predicted molar refractivity (Wildman–Crippen MR) is 141 cm³/mol. The molecular formula is C27H28N4O3S. The number of hydrogen-bond acceptors (Lipinski definition) is 4. The molecule has 2 saturated heterocycles. The second-order valence-corrected chi connectivity index (χ2v) is 9.11. The van der Waals surface area contributed by atoms with Crippen molar-refractivity contribution < 1.29 is 14.3 Å². The van der Waals surface area contributed by atoms with E-state index in [-0.39, 0.29) is 18.4 Å². The van der Waals surface area contributed by atoms with Gasteiger partial charge in [-0.3, -0.25) is 14.5 Å². The molecule has 8 heteroatoms. The summed E-state index contributed by atoms with van der Waals surface area (Å²) >= 11 is 5.47. The summed E-state index contributed by atoms with van der Waals surface area (Å²) in [4.78, 5) is 29.6. The van der Waals surface area contributed by atoms with Crippen molar-refractivity contribution in [3.63, 3.8) is 0 Å². The van der Waals surface area contributed by atoms with E-state index >= 15 is 0 Å². The van der Waals surface area contributed by atoms with Crippen LogP contribution in [0.25, 0.3) is 17.0 Å². The van der Waals surface area contributed by atoms with Gasteiger partial charge >= 0.3 is 0 Å². The number of amides is 2. The van der Waals surface area contributed by atoms with Gasteiger partial charge in [-0.1, -0.05) is 18.2 Å². The number of ether oxygens (including phenoxy) is 1. The monoisotopic (exact) mass is 488 g/mol. The molecular weight excluding hydrogens is 460 g/mol. The number of nitrogens with one attached hydrogen (secondary N) is 1. The highest BCUT2D eigenvalue weighted by Crippen LogP contribution is 2.28. The Morgan fingerprint density at radius 2 is 1.83 bits per heavy atom. The predicted octanol–water partition coefficient (Wildman–Crippen LogP) is 4.31. The summed E-state index contributed by atoms with van der Waals surface area (Å²) in [5.41, 5.74) is 2.89. The first kappa shape index (κ1) is 23.1. The standard InChI is InChI=1S/C27H28N4O3S/c1-2-34-21-12-10-20(11-13-21)31-26(33)23(28-27(31)35)16-19-17-30(24-9-5-4-8-22(19)24)18-25(32)29-14-6-3-7-15-29/h4-5,8-13,16-17H,2-3,6-7,14-15,18H2,1H3,(H,28,35)/b23-16-. The molecule has 0 unspecified atom stereocenters. The molecule has 180 valence electrons. The molecule has 2 aliphatic rings. The van der Waals surface area contributed by atoms with Crippen molar-refractivity contribution in [2.24, 2.45) is 0 Å². The first-order valence-electron chi connectivity index (χ1n) is 12.0. The van der Waals surface area contributed by atoms with Crippen LogP contribution in [0.5, 0.6) is 5.75 Å². The number of likely N-dealkylation sites (tertiary alicyclic amines) is 1. The Balaban J connectivity index is 1.42. The molecule has 2 amide bonds. The lowest BCUT2D eigenvalue weighted by molar-refractivity contribution is -0.132. The van der Waals surface area contributed by atoms with Crippen LogP contribution < -0.4 is 15.0 Å². The molecule has 5 rings (SSSR count). The third-order valence-electron chi connectivity index (χ3n) is 6.42. The number of carbonyl (C=O) groups excluding carboxylic acids is 2. The van der Waals surface area contributed by atoms with E-state index in [2.05, 4.69) is 5.32 Å². The molecule has 0 atom stereocenters. The minimum Gasteiger partial charge on any atom is -0.494 e. The molecule has 2 fully saturated rings. The number of thiocarbonyl (C=S) groups is 1. The molecule has 1 N–H and O–H groups in total. The number of aromatic nitrogens is 1. The van der Waals surface area contributed by atoms with Crippen LogP contribution in [0.15, 0.2) is 60.4 Å². The number of hydrogen-bond donors (Lipinski definition) is 1. The zero-order valence-electron chi connectivity index (χ0n) is 19.7. The van der Waals surface area contributed by atoms with E-state index in [4.69, 9.17) is 17.0 Å². The lowest BCUT2D eigenvalue weighted by atomic mass is 10.1. The summed E-state index contributed by atoms with van der Waals surface area (Å²) < 4.78 is 7.47. The topological polar surface area (TPSA) is 66.8 Å². The highest BCUT2D eigenvalue weighted by Gasteiger charge is 2.32. The molecule has 1 aromatic heterocycles. The van der Waals surface area contributed by atoms with Crippen molar-refractivity contribution in [1.82, 2.24) is 14.8 Å². The van der Waals surface area contributed by atoms with Crippen LogP contribution >= 0.6 is 12.2 Å². The molecule has 2 aliphatic heterocycles. The number of piperidine rings is 1. The van der Waals surface area contributed by atoms with Crippen LogP contribution in [0.4, 0.5) is 5.69 Å². The van der Waals surface area contributed by atoms with Crippen LogP contribution in [0.2, 0.25) is 0 Å². The van der Waals surface area contributed by atoms with Crippen LogP contribution in [0, 0.1) is 0 Å². The first-order valence-corrected chi connectivity index (χ1v) is 12.4. The quantitative estimate of drug-likeness (QED) is 0.414. The van der Waals surface area contributed by atoms with Gasteiger partial charge in [-0.25, -0.2) is 0 Å². The van der Waals surface area contributed by atoms with Gasteiger partial charge in [-0.2, -0.15) is 0 Å². The average molecular weight is 489 g/mol. The number of rotatable bonds is 6. The smallest absolute Gasteiger partial charge is 0.281 e. The third kappa shape index (κ3) is 4.66. The summed E-state index contributed by atoms with van der Waals surface area (Å²) in [6.07, 6.45) is 7.07. The summed E-state index contributed by atoms with van der Waals surface area (Å²) in [7, 11) is 0.